The summed E-state index contributed by atoms with van der Waals surface area (Å²) in [5.41, 5.74) is 0.251. The van der Waals surface area contributed by atoms with Crippen molar-refractivity contribution in [1.29, 1.82) is 0 Å². The quantitative estimate of drug-likeness (QED) is 0.588. The zero-order valence-electron chi connectivity index (χ0n) is 17.8. The minimum atomic E-state index is -1.08. The molecule has 1 aromatic heterocycles. The Hall–Kier alpha value is -1.93. The van der Waals surface area contributed by atoms with Gasteiger partial charge in [0.25, 0.3) is 0 Å². The van der Waals surface area contributed by atoms with Gasteiger partial charge in [-0.2, -0.15) is 0 Å². The molecule has 0 fully saturated rings. The van der Waals surface area contributed by atoms with E-state index in [1.807, 2.05) is 41.5 Å². The molecule has 0 aliphatic rings. The number of thiazole rings is 1. The summed E-state index contributed by atoms with van der Waals surface area (Å²) in [6, 6.07) is -0.179. The highest BCUT2D eigenvalue weighted by Gasteiger charge is 2.31. The maximum Gasteiger partial charge on any atom is 0.410 e. The summed E-state index contributed by atoms with van der Waals surface area (Å²) < 4.78 is 11.5. The molecule has 0 spiro atoms. The van der Waals surface area contributed by atoms with Crippen molar-refractivity contribution in [2.75, 3.05) is 13.7 Å². The van der Waals surface area contributed by atoms with E-state index in [1.54, 1.807) is 11.9 Å². The number of carbonyl (C=O) groups excluding carboxylic acids is 1. The number of aromatic carboxylic acids is 1. The van der Waals surface area contributed by atoms with Crippen molar-refractivity contribution in [1.82, 2.24) is 9.88 Å². The number of aromatic nitrogens is 1. The molecular formula is C20H32N2O5S. The van der Waals surface area contributed by atoms with E-state index in [0.717, 1.165) is 5.57 Å². The molecule has 0 saturated heterocycles. The first-order valence-corrected chi connectivity index (χ1v) is 10.1. The fraction of sp³-hybridized carbons (Fsp3) is 0.650. The fourth-order valence-electron chi connectivity index (χ4n) is 2.58. The molecule has 8 heteroatoms. The SMILES string of the molecule is C=C(C)COC(CC(C(C)C)N(C)C(=O)OC(C)(C)C)c1nc(C(=O)O)cs1. The van der Waals surface area contributed by atoms with Crippen LogP contribution < -0.4 is 0 Å². The molecule has 0 aliphatic carbocycles. The number of carboxylic acid groups (broad SMARTS) is 1. The van der Waals surface area contributed by atoms with Gasteiger partial charge in [0, 0.05) is 24.9 Å². The van der Waals surface area contributed by atoms with Gasteiger partial charge in [0.05, 0.1) is 6.61 Å². The third-order valence-electron chi connectivity index (χ3n) is 3.95. The van der Waals surface area contributed by atoms with Crippen LogP contribution in [0.5, 0.6) is 0 Å². The van der Waals surface area contributed by atoms with Gasteiger partial charge in [-0.05, 0) is 33.6 Å². The molecule has 0 radical (unpaired) electrons. The molecule has 0 aliphatic heterocycles. The van der Waals surface area contributed by atoms with Crippen molar-refractivity contribution < 1.29 is 24.2 Å². The first-order valence-electron chi connectivity index (χ1n) is 9.22. The van der Waals surface area contributed by atoms with E-state index in [2.05, 4.69) is 11.6 Å². The van der Waals surface area contributed by atoms with E-state index in [4.69, 9.17) is 14.6 Å². The molecule has 1 N–H and O–H groups in total. The second kappa shape index (κ2) is 10.0. The summed E-state index contributed by atoms with van der Waals surface area (Å²) in [6.45, 7) is 15.5. The lowest BCUT2D eigenvalue weighted by Crippen LogP contribution is -2.44. The van der Waals surface area contributed by atoms with Gasteiger partial charge in [0.15, 0.2) is 5.69 Å². The Balaban J connectivity index is 3.07. The Bertz CT molecular complexity index is 693. The van der Waals surface area contributed by atoms with Gasteiger partial charge >= 0.3 is 12.1 Å². The number of hydrogen-bond donors (Lipinski definition) is 1. The van der Waals surface area contributed by atoms with Crippen LogP contribution in [-0.4, -0.2) is 52.4 Å². The smallest absolute Gasteiger partial charge is 0.410 e. The first kappa shape index (κ1) is 24.1. The van der Waals surface area contributed by atoms with Crippen LogP contribution in [0.4, 0.5) is 4.79 Å². The molecule has 0 saturated carbocycles. The topological polar surface area (TPSA) is 89.0 Å². The second-order valence-electron chi connectivity index (χ2n) is 8.27. The maximum atomic E-state index is 12.5. The molecule has 28 heavy (non-hydrogen) atoms. The van der Waals surface area contributed by atoms with E-state index in [9.17, 15) is 9.59 Å². The van der Waals surface area contributed by atoms with Gasteiger partial charge in [-0.15, -0.1) is 11.3 Å². The predicted octanol–water partition coefficient (Wildman–Crippen LogP) is 4.76. The average Bonchev–Trinajstić information content (AvgIpc) is 3.02. The highest BCUT2D eigenvalue weighted by atomic mass is 32.1. The number of nitrogens with zero attached hydrogens (tertiary/aromatic N) is 2. The van der Waals surface area contributed by atoms with Crippen molar-refractivity contribution >= 4 is 23.4 Å². The Kier molecular flexibility index (Phi) is 8.63. The van der Waals surface area contributed by atoms with Crippen molar-refractivity contribution in [3.05, 3.63) is 28.2 Å². The number of ether oxygens (including phenoxy) is 2. The van der Waals surface area contributed by atoms with Gasteiger partial charge in [0.1, 0.15) is 16.7 Å². The third kappa shape index (κ3) is 7.59. The number of rotatable bonds is 9. The summed E-state index contributed by atoms with van der Waals surface area (Å²) in [6.07, 6.45) is -0.393. The lowest BCUT2D eigenvalue weighted by molar-refractivity contribution is 0.000640. The fourth-order valence-corrected chi connectivity index (χ4v) is 3.44. The van der Waals surface area contributed by atoms with E-state index in [-0.39, 0.29) is 17.7 Å². The van der Waals surface area contributed by atoms with Crippen molar-refractivity contribution in [2.45, 2.75) is 65.7 Å². The minimum Gasteiger partial charge on any atom is -0.476 e. The molecule has 0 aromatic carbocycles. The van der Waals surface area contributed by atoms with Gasteiger partial charge in [-0.3, -0.25) is 0 Å². The molecule has 2 atom stereocenters. The lowest BCUT2D eigenvalue weighted by Gasteiger charge is -2.34. The molecule has 1 aromatic rings. The Morgan fingerprint density at radius 1 is 1.36 bits per heavy atom. The lowest BCUT2D eigenvalue weighted by atomic mass is 9.96. The Morgan fingerprint density at radius 2 is 1.96 bits per heavy atom. The molecule has 158 valence electrons. The van der Waals surface area contributed by atoms with Gasteiger partial charge in [0.2, 0.25) is 0 Å². The zero-order valence-corrected chi connectivity index (χ0v) is 18.6. The highest BCUT2D eigenvalue weighted by Crippen LogP contribution is 2.31. The largest absolute Gasteiger partial charge is 0.476 e. The number of carbonyl (C=O) groups is 2. The minimum absolute atomic E-state index is 0.00878. The van der Waals surface area contributed by atoms with Crippen molar-refractivity contribution in [2.24, 2.45) is 5.92 Å². The van der Waals surface area contributed by atoms with E-state index < -0.39 is 23.8 Å². The van der Waals surface area contributed by atoms with Crippen LogP contribution in [0.3, 0.4) is 0 Å². The molecule has 0 bridgehead atoms. The second-order valence-corrected chi connectivity index (χ2v) is 9.16. The van der Waals surface area contributed by atoms with Gasteiger partial charge in [-0.25, -0.2) is 14.6 Å². The van der Waals surface area contributed by atoms with Crippen molar-refractivity contribution in [3.8, 4) is 0 Å². The summed E-state index contributed by atoms with van der Waals surface area (Å²) >= 11 is 1.24. The highest BCUT2D eigenvalue weighted by molar-refractivity contribution is 7.09. The number of amides is 1. The predicted molar refractivity (Wildman–Crippen MR) is 110 cm³/mol. The Morgan fingerprint density at radius 3 is 2.39 bits per heavy atom. The van der Waals surface area contributed by atoms with Crippen LogP contribution in [0.25, 0.3) is 0 Å². The van der Waals surface area contributed by atoms with Crippen LogP contribution in [0, 0.1) is 5.92 Å². The Labute approximate surface area is 171 Å². The molecule has 1 rings (SSSR count). The molecular weight excluding hydrogens is 380 g/mol. The summed E-state index contributed by atoms with van der Waals surface area (Å²) in [4.78, 5) is 29.5. The first-order chi connectivity index (χ1) is 12.8. The molecule has 1 amide bonds. The van der Waals surface area contributed by atoms with Crippen LogP contribution in [0.2, 0.25) is 0 Å². The van der Waals surface area contributed by atoms with Gasteiger partial charge in [-0.1, -0.05) is 26.0 Å². The van der Waals surface area contributed by atoms with E-state index in [0.29, 0.717) is 18.0 Å². The summed E-state index contributed by atoms with van der Waals surface area (Å²) in [7, 11) is 1.71. The maximum absolute atomic E-state index is 12.5. The van der Waals surface area contributed by atoms with Crippen LogP contribution in [-0.2, 0) is 9.47 Å². The zero-order chi connectivity index (χ0) is 21.6. The molecule has 1 heterocycles. The number of hydrogen-bond acceptors (Lipinski definition) is 6. The monoisotopic (exact) mass is 412 g/mol. The standard InChI is InChI=1S/C20H32N2O5S/c1-12(2)10-26-16(17-21-14(11-28-17)18(23)24)9-15(13(3)4)22(8)19(25)27-20(5,6)7/h11,13,15-16H,1,9-10H2,2-8H3,(H,23,24). The number of carboxylic acids is 1. The summed E-state index contributed by atoms with van der Waals surface area (Å²) in [5, 5.41) is 11.2. The summed E-state index contributed by atoms with van der Waals surface area (Å²) in [5.74, 6) is -0.945. The van der Waals surface area contributed by atoms with E-state index >= 15 is 0 Å². The van der Waals surface area contributed by atoms with Crippen LogP contribution in [0.15, 0.2) is 17.5 Å². The molecule has 7 nitrogen and oxygen atoms in total. The third-order valence-corrected chi connectivity index (χ3v) is 4.89. The van der Waals surface area contributed by atoms with E-state index in [1.165, 1.54) is 16.7 Å². The average molecular weight is 413 g/mol. The van der Waals surface area contributed by atoms with Gasteiger partial charge < -0.3 is 19.5 Å². The van der Waals surface area contributed by atoms with Crippen LogP contribution in [0.1, 0.15) is 69.6 Å². The van der Waals surface area contributed by atoms with Crippen LogP contribution >= 0.6 is 11.3 Å². The van der Waals surface area contributed by atoms with Crippen molar-refractivity contribution in [3.63, 3.8) is 0 Å². The normalized spacial score (nSPS) is 13.9. The molecule has 2 unspecified atom stereocenters.